The Bertz CT molecular complexity index is 945. The third kappa shape index (κ3) is 2.75. The number of aryl methyl sites for hydroxylation is 2. The van der Waals surface area contributed by atoms with Gasteiger partial charge in [-0.3, -0.25) is 0 Å². The maximum Gasteiger partial charge on any atom is 0.240 e. The fourth-order valence-corrected chi connectivity index (χ4v) is 5.71. The van der Waals surface area contributed by atoms with Crippen molar-refractivity contribution < 1.29 is 16.8 Å². The Balaban J connectivity index is 1.92. The highest BCUT2D eigenvalue weighted by atomic mass is 32.2. The number of fused-ring (bicyclic) bond motifs is 1. The van der Waals surface area contributed by atoms with Gasteiger partial charge in [0, 0.05) is 13.1 Å². The van der Waals surface area contributed by atoms with Crippen molar-refractivity contribution in [1.29, 1.82) is 0 Å². The first-order valence-electron chi connectivity index (χ1n) is 6.84. The van der Waals surface area contributed by atoms with Gasteiger partial charge in [0.1, 0.15) is 5.82 Å². The highest BCUT2D eigenvalue weighted by Crippen LogP contribution is 2.21. The van der Waals surface area contributed by atoms with Gasteiger partial charge in [0.2, 0.25) is 10.0 Å². The molecule has 2 aromatic rings. The predicted molar refractivity (Wildman–Crippen MR) is 82.8 cm³/mol. The van der Waals surface area contributed by atoms with Crippen molar-refractivity contribution >= 4 is 30.9 Å². The smallest absolute Gasteiger partial charge is 0.240 e. The van der Waals surface area contributed by atoms with Crippen LogP contribution in [0.15, 0.2) is 23.1 Å². The van der Waals surface area contributed by atoms with Crippen molar-refractivity contribution in [2.75, 3.05) is 11.5 Å². The molecule has 7 nitrogen and oxygen atoms in total. The molecule has 1 atom stereocenters. The Hall–Kier alpha value is -1.45. The Morgan fingerprint density at radius 1 is 1.36 bits per heavy atom. The van der Waals surface area contributed by atoms with E-state index in [2.05, 4.69) is 9.71 Å². The zero-order valence-electron chi connectivity index (χ0n) is 12.3. The van der Waals surface area contributed by atoms with E-state index in [0.29, 0.717) is 11.9 Å². The second kappa shape index (κ2) is 5.04. The van der Waals surface area contributed by atoms with E-state index in [-0.39, 0.29) is 16.4 Å². The molecule has 2 heterocycles. The van der Waals surface area contributed by atoms with Gasteiger partial charge in [-0.2, -0.15) is 0 Å². The molecule has 1 fully saturated rings. The summed E-state index contributed by atoms with van der Waals surface area (Å²) in [4.78, 5) is 4.42. The third-order valence-electron chi connectivity index (χ3n) is 3.94. The maximum absolute atomic E-state index is 12.4. The Kier molecular flexibility index (Phi) is 3.54. The van der Waals surface area contributed by atoms with E-state index in [9.17, 15) is 16.8 Å². The van der Waals surface area contributed by atoms with E-state index < -0.39 is 25.9 Å². The number of hydrogen-bond acceptors (Lipinski definition) is 5. The average Bonchev–Trinajstić information content (AvgIpc) is 2.89. The maximum atomic E-state index is 12.4. The second-order valence-electron chi connectivity index (χ2n) is 5.59. The molecule has 0 spiro atoms. The minimum Gasteiger partial charge on any atom is -0.331 e. The Morgan fingerprint density at radius 2 is 2.09 bits per heavy atom. The first kappa shape index (κ1) is 15.4. The van der Waals surface area contributed by atoms with Crippen LogP contribution in [-0.4, -0.2) is 43.9 Å². The van der Waals surface area contributed by atoms with E-state index in [4.69, 9.17) is 0 Å². The van der Waals surface area contributed by atoms with Crippen LogP contribution in [0.3, 0.4) is 0 Å². The highest BCUT2D eigenvalue weighted by Gasteiger charge is 2.31. The van der Waals surface area contributed by atoms with Crippen LogP contribution in [0, 0.1) is 6.92 Å². The van der Waals surface area contributed by atoms with Crippen LogP contribution in [0.4, 0.5) is 0 Å². The molecule has 0 radical (unpaired) electrons. The number of sulfone groups is 1. The molecule has 1 aromatic carbocycles. The summed E-state index contributed by atoms with van der Waals surface area (Å²) in [6.07, 6.45) is 0.312. The summed E-state index contributed by atoms with van der Waals surface area (Å²) in [5, 5.41) is 0. The number of benzene rings is 1. The van der Waals surface area contributed by atoms with Crippen molar-refractivity contribution in [2.45, 2.75) is 24.3 Å². The van der Waals surface area contributed by atoms with Crippen molar-refractivity contribution in [1.82, 2.24) is 14.3 Å². The lowest BCUT2D eigenvalue weighted by atomic mass is 10.3. The van der Waals surface area contributed by atoms with Crippen LogP contribution in [-0.2, 0) is 26.9 Å². The zero-order chi connectivity index (χ0) is 16.1. The molecule has 1 N–H and O–H groups in total. The Morgan fingerprint density at radius 3 is 2.73 bits per heavy atom. The predicted octanol–water partition coefficient (Wildman–Crippen LogP) is 0.347. The topological polar surface area (TPSA) is 98.1 Å². The SMILES string of the molecule is Cc1nc2cc(S(=O)(=O)NC3CCS(=O)(=O)C3)ccc2n1C. The first-order valence-corrected chi connectivity index (χ1v) is 10.1. The molecule has 22 heavy (non-hydrogen) atoms. The summed E-state index contributed by atoms with van der Waals surface area (Å²) in [7, 11) is -5.02. The molecule has 0 amide bonds. The monoisotopic (exact) mass is 343 g/mol. The van der Waals surface area contributed by atoms with Crippen molar-refractivity contribution in [3.63, 3.8) is 0 Å². The zero-order valence-corrected chi connectivity index (χ0v) is 13.9. The summed E-state index contributed by atoms with van der Waals surface area (Å²) < 4.78 is 52.0. The standard InChI is InChI=1S/C13H17N3O4S2/c1-9-14-12-7-11(3-4-13(12)16(9)2)22(19,20)15-10-5-6-21(17,18)8-10/h3-4,7,10,15H,5-6,8H2,1-2H3. The summed E-state index contributed by atoms with van der Waals surface area (Å²) in [5.74, 6) is 0.676. The molecule has 1 aliphatic heterocycles. The summed E-state index contributed by atoms with van der Waals surface area (Å²) >= 11 is 0. The number of sulfonamides is 1. The fourth-order valence-electron chi connectivity index (χ4n) is 2.64. The third-order valence-corrected chi connectivity index (χ3v) is 7.23. The highest BCUT2D eigenvalue weighted by molar-refractivity contribution is 7.92. The van der Waals surface area contributed by atoms with Crippen LogP contribution in [0.5, 0.6) is 0 Å². The lowest BCUT2D eigenvalue weighted by molar-refractivity contribution is 0.562. The second-order valence-corrected chi connectivity index (χ2v) is 9.53. The first-order chi connectivity index (χ1) is 10.2. The van der Waals surface area contributed by atoms with E-state index in [1.54, 1.807) is 6.07 Å². The van der Waals surface area contributed by atoms with E-state index in [1.165, 1.54) is 12.1 Å². The average molecular weight is 343 g/mol. The van der Waals surface area contributed by atoms with Crippen molar-refractivity contribution in [3.8, 4) is 0 Å². The van der Waals surface area contributed by atoms with Gasteiger partial charge in [-0.1, -0.05) is 0 Å². The summed E-state index contributed by atoms with van der Waals surface area (Å²) in [6.45, 7) is 1.84. The van der Waals surface area contributed by atoms with Gasteiger partial charge in [-0.25, -0.2) is 26.5 Å². The number of rotatable bonds is 3. The van der Waals surface area contributed by atoms with Gasteiger partial charge < -0.3 is 4.57 Å². The van der Waals surface area contributed by atoms with Crippen LogP contribution >= 0.6 is 0 Å². The van der Waals surface area contributed by atoms with Crippen LogP contribution in [0.25, 0.3) is 11.0 Å². The number of nitrogens with zero attached hydrogens (tertiary/aromatic N) is 2. The summed E-state index contributed by atoms with van der Waals surface area (Å²) in [6, 6.07) is 4.16. The van der Waals surface area contributed by atoms with Crippen molar-refractivity contribution in [2.24, 2.45) is 7.05 Å². The Labute approximate surface area is 129 Å². The van der Waals surface area contributed by atoms with Crippen LogP contribution in [0.1, 0.15) is 12.2 Å². The number of hydrogen-bond donors (Lipinski definition) is 1. The van der Waals surface area contributed by atoms with E-state index >= 15 is 0 Å². The molecule has 9 heteroatoms. The normalized spacial score (nSPS) is 21.5. The van der Waals surface area contributed by atoms with Gasteiger partial charge in [0.15, 0.2) is 9.84 Å². The molecule has 120 valence electrons. The number of aromatic nitrogens is 2. The lowest BCUT2D eigenvalue weighted by Gasteiger charge is -2.11. The van der Waals surface area contributed by atoms with Gasteiger partial charge in [-0.05, 0) is 31.5 Å². The molecule has 1 aliphatic rings. The molecule has 1 unspecified atom stereocenters. The molecule has 1 aromatic heterocycles. The fraction of sp³-hybridized carbons (Fsp3) is 0.462. The largest absolute Gasteiger partial charge is 0.331 e. The minimum absolute atomic E-state index is 0.0264. The molecular formula is C13H17N3O4S2. The quantitative estimate of drug-likeness (QED) is 0.867. The van der Waals surface area contributed by atoms with Gasteiger partial charge in [-0.15, -0.1) is 0 Å². The molecule has 3 rings (SSSR count). The van der Waals surface area contributed by atoms with Gasteiger partial charge in [0.25, 0.3) is 0 Å². The number of imidazole rings is 1. The molecule has 0 saturated carbocycles. The summed E-state index contributed by atoms with van der Waals surface area (Å²) in [5.41, 5.74) is 1.45. The van der Waals surface area contributed by atoms with Crippen molar-refractivity contribution in [3.05, 3.63) is 24.0 Å². The number of nitrogens with one attached hydrogen (secondary N) is 1. The van der Waals surface area contributed by atoms with E-state index in [0.717, 1.165) is 11.3 Å². The minimum atomic E-state index is -3.75. The molecule has 1 saturated heterocycles. The van der Waals surface area contributed by atoms with Gasteiger partial charge >= 0.3 is 0 Å². The van der Waals surface area contributed by atoms with Crippen LogP contribution < -0.4 is 4.72 Å². The van der Waals surface area contributed by atoms with Crippen LogP contribution in [0.2, 0.25) is 0 Å². The molecular weight excluding hydrogens is 326 g/mol. The molecule has 0 aliphatic carbocycles. The molecule has 0 bridgehead atoms. The van der Waals surface area contributed by atoms with Gasteiger partial charge in [0.05, 0.1) is 27.4 Å². The van der Waals surface area contributed by atoms with E-state index in [1.807, 2.05) is 18.5 Å². The lowest BCUT2D eigenvalue weighted by Crippen LogP contribution is -2.35.